The minimum atomic E-state index is 0.480. The van der Waals surface area contributed by atoms with E-state index in [1.165, 1.54) is 5.56 Å². The SMILES string of the molecule is CN(C)CCCNc1nccc(-c2ccccc2)c1CN. The molecular formula is C17H24N4. The third-order valence-corrected chi connectivity index (χ3v) is 3.42. The molecule has 1 heterocycles. The maximum atomic E-state index is 5.95. The van der Waals surface area contributed by atoms with E-state index < -0.39 is 0 Å². The maximum absolute atomic E-state index is 5.95. The van der Waals surface area contributed by atoms with Crippen molar-refractivity contribution in [3.8, 4) is 11.1 Å². The molecule has 0 aliphatic rings. The van der Waals surface area contributed by atoms with Crippen molar-refractivity contribution >= 4 is 5.82 Å². The van der Waals surface area contributed by atoms with E-state index in [1.807, 2.05) is 30.5 Å². The Bertz CT molecular complexity index is 552. The molecule has 21 heavy (non-hydrogen) atoms. The smallest absolute Gasteiger partial charge is 0.131 e. The number of pyridine rings is 1. The van der Waals surface area contributed by atoms with Crippen LogP contribution in [0.15, 0.2) is 42.6 Å². The van der Waals surface area contributed by atoms with Gasteiger partial charge in [-0.25, -0.2) is 4.98 Å². The van der Waals surface area contributed by atoms with Crippen molar-refractivity contribution in [1.82, 2.24) is 9.88 Å². The standard InChI is InChI=1S/C17H24N4/c1-21(2)12-6-10-19-17-16(13-18)15(9-11-20-17)14-7-4-3-5-8-14/h3-5,7-9,11H,6,10,12-13,18H2,1-2H3,(H,19,20). The molecule has 0 spiro atoms. The quantitative estimate of drug-likeness (QED) is 0.767. The zero-order chi connectivity index (χ0) is 15.1. The number of hydrogen-bond acceptors (Lipinski definition) is 4. The van der Waals surface area contributed by atoms with Gasteiger partial charge in [0.25, 0.3) is 0 Å². The van der Waals surface area contributed by atoms with E-state index in [0.717, 1.165) is 36.5 Å². The summed E-state index contributed by atoms with van der Waals surface area (Å²) in [6.45, 7) is 2.44. The molecule has 0 saturated carbocycles. The molecular weight excluding hydrogens is 260 g/mol. The molecule has 2 rings (SSSR count). The minimum absolute atomic E-state index is 0.480. The van der Waals surface area contributed by atoms with Gasteiger partial charge in [0, 0.05) is 24.8 Å². The first-order chi connectivity index (χ1) is 10.2. The van der Waals surface area contributed by atoms with Gasteiger partial charge in [-0.15, -0.1) is 0 Å². The van der Waals surface area contributed by atoms with E-state index >= 15 is 0 Å². The third-order valence-electron chi connectivity index (χ3n) is 3.42. The van der Waals surface area contributed by atoms with Gasteiger partial charge < -0.3 is 16.0 Å². The van der Waals surface area contributed by atoms with Crippen molar-refractivity contribution < 1.29 is 0 Å². The van der Waals surface area contributed by atoms with Crippen LogP contribution < -0.4 is 11.1 Å². The van der Waals surface area contributed by atoms with E-state index in [9.17, 15) is 0 Å². The van der Waals surface area contributed by atoms with Crippen molar-refractivity contribution in [3.63, 3.8) is 0 Å². The molecule has 0 saturated heterocycles. The highest BCUT2D eigenvalue weighted by atomic mass is 15.1. The molecule has 112 valence electrons. The van der Waals surface area contributed by atoms with Gasteiger partial charge in [0.15, 0.2) is 0 Å². The monoisotopic (exact) mass is 284 g/mol. The van der Waals surface area contributed by atoms with E-state index in [-0.39, 0.29) is 0 Å². The summed E-state index contributed by atoms with van der Waals surface area (Å²) < 4.78 is 0. The predicted molar refractivity (Wildman–Crippen MR) is 89.2 cm³/mol. The third kappa shape index (κ3) is 4.28. The average Bonchev–Trinajstić information content (AvgIpc) is 2.52. The Hall–Kier alpha value is -1.91. The van der Waals surface area contributed by atoms with Gasteiger partial charge in [-0.1, -0.05) is 30.3 Å². The lowest BCUT2D eigenvalue weighted by molar-refractivity contribution is 0.405. The molecule has 0 aliphatic carbocycles. The zero-order valence-electron chi connectivity index (χ0n) is 12.8. The van der Waals surface area contributed by atoms with Crippen molar-refractivity contribution in [2.45, 2.75) is 13.0 Å². The highest BCUT2D eigenvalue weighted by molar-refractivity contribution is 5.71. The van der Waals surface area contributed by atoms with Gasteiger partial charge in [0.05, 0.1) is 0 Å². The molecule has 3 N–H and O–H groups in total. The molecule has 4 nitrogen and oxygen atoms in total. The van der Waals surface area contributed by atoms with E-state index in [4.69, 9.17) is 5.73 Å². The van der Waals surface area contributed by atoms with E-state index in [0.29, 0.717) is 6.54 Å². The normalized spacial score (nSPS) is 10.9. The molecule has 0 aliphatic heterocycles. The first-order valence-corrected chi connectivity index (χ1v) is 7.34. The van der Waals surface area contributed by atoms with Gasteiger partial charge in [-0.2, -0.15) is 0 Å². The van der Waals surface area contributed by atoms with Gasteiger partial charge in [-0.05, 0) is 44.3 Å². The van der Waals surface area contributed by atoms with Crippen LogP contribution in [0.3, 0.4) is 0 Å². The fourth-order valence-electron chi connectivity index (χ4n) is 2.34. The number of hydrogen-bond donors (Lipinski definition) is 2. The summed E-state index contributed by atoms with van der Waals surface area (Å²) in [6, 6.07) is 12.3. The van der Waals surface area contributed by atoms with Crippen molar-refractivity contribution in [3.05, 3.63) is 48.2 Å². The van der Waals surface area contributed by atoms with Crippen molar-refractivity contribution in [1.29, 1.82) is 0 Å². The first kappa shape index (κ1) is 15.5. The van der Waals surface area contributed by atoms with Crippen LogP contribution in [0.5, 0.6) is 0 Å². The summed E-state index contributed by atoms with van der Waals surface area (Å²) in [5.74, 6) is 0.901. The molecule has 0 fully saturated rings. The molecule has 2 aromatic rings. The van der Waals surface area contributed by atoms with Crippen LogP contribution in [-0.4, -0.2) is 37.1 Å². The Morgan fingerprint density at radius 1 is 1.14 bits per heavy atom. The summed E-state index contributed by atoms with van der Waals surface area (Å²) in [5, 5.41) is 3.41. The molecule has 0 radical (unpaired) electrons. The summed E-state index contributed by atoms with van der Waals surface area (Å²) in [6.07, 6.45) is 2.92. The van der Waals surface area contributed by atoms with Gasteiger partial charge in [-0.3, -0.25) is 0 Å². The van der Waals surface area contributed by atoms with Crippen LogP contribution in [0.1, 0.15) is 12.0 Å². The van der Waals surface area contributed by atoms with Crippen LogP contribution in [0.25, 0.3) is 11.1 Å². The predicted octanol–water partition coefficient (Wildman–Crippen LogP) is 2.57. The Balaban J connectivity index is 2.15. The fraction of sp³-hybridized carbons (Fsp3) is 0.353. The van der Waals surface area contributed by atoms with Gasteiger partial charge >= 0.3 is 0 Å². The van der Waals surface area contributed by atoms with Crippen LogP contribution >= 0.6 is 0 Å². The van der Waals surface area contributed by atoms with Gasteiger partial charge in [0.2, 0.25) is 0 Å². The largest absolute Gasteiger partial charge is 0.370 e. The van der Waals surface area contributed by atoms with Crippen LogP contribution in [0.4, 0.5) is 5.82 Å². The summed E-state index contributed by atoms with van der Waals surface area (Å²) >= 11 is 0. The maximum Gasteiger partial charge on any atom is 0.131 e. The molecule has 1 aromatic heterocycles. The second-order valence-corrected chi connectivity index (χ2v) is 5.34. The number of rotatable bonds is 7. The highest BCUT2D eigenvalue weighted by Gasteiger charge is 2.09. The minimum Gasteiger partial charge on any atom is -0.370 e. The molecule has 0 atom stereocenters. The van der Waals surface area contributed by atoms with Crippen LogP contribution in [-0.2, 0) is 6.54 Å². The zero-order valence-corrected chi connectivity index (χ0v) is 12.8. The molecule has 0 amide bonds. The Kier molecular flexibility index (Phi) is 5.72. The molecule has 0 unspecified atom stereocenters. The molecule has 0 bridgehead atoms. The highest BCUT2D eigenvalue weighted by Crippen LogP contribution is 2.27. The Morgan fingerprint density at radius 2 is 1.90 bits per heavy atom. The summed E-state index contributed by atoms with van der Waals surface area (Å²) in [5.41, 5.74) is 9.36. The van der Waals surface area contributed by atoms with E-state index in [1.54, 1.807) is 0 Å². The second kappa shape index (κ2) is 7.76. The second-order valence-electron chi connectivity index (χ2n) is 5.34. The topological polar surface area (TPSA) is 54.2 Å². The number of anilines is 1. The lowest BCUT2D eigenvalue weighted by atomic mass is 10.0. The Labute approximate surface area is 127 Å². The number of nitrogens with one attached hydrogen (secondary N) is 1. The lowest BCUT2D eigenvalue weighted by Gasteiger charge is -2.15. The number of aromatic nitrogens is 1. The van der Waals surface area contributed by atoms with Crippen molar-refractivity contribution in [2.75, 3.05) is 32.5 Å². The Morgan fingerprint density at radius 3 is 2.57 bits per heavy atom. The molecule has 1 aromatic carbocycles. The number of nitrogens with two attached hydrogens (primary N) is 1. The number of benzene rings is 1. The fourth-order valence-corrected chi connectivity index (χ4v) is 2.34. The van der Waals surface area contributed by atoms with Crippen LogP contribution in [0.2, 0.25) is 0 Å². The first-order valence-electron chi connectivity index (χ1n) is 7.34. The molecule has 4 heteroatoms. The van der Waals surface area contributed by atoms with Crippen molar-refractivity contribution in [2.24, 2.45) is 5.73 Å². The van der Waals surface area contributed by atoms with Crippen LogP contribution in [0, 0.1) is 0 Å². The van der Waals surface area contributed by atoms with Gasteiger partial charge in [0.1, 0.15) is 5.82 Å². The van der Waals surface area contributed by atoms with E-state index in [2.05, 4.69) is 41.4 Å². The summed E-state index contributed by atoms with van der Waals surface area (Å²) in [4.78, 5) is 6.63. The number of nitrogens with zero attached hydrogens (tertiary/aromatic N) is 2. The summed E-state index contributed by atoms with van der Waals surface area (Å²) in [7, 11) is 4.17. The lowest BCUT2D eigenvalue weighted by Crippen LogP contribution is -2.17. The average molecular weight is 284 g/mol.